The molecule has 7 aromatic rings. The summed E-state index contributed by atoms with van der Waals surface area (Å²) in [6.07, 6.45) is 3.88. The molecule has 0 saturated heterocycles. The Morgan fingerprint density at radius 2 is 1.15 bits per heavy atom. The Labute approximate surface area is 190 Å². The molecule has 0 atom stereocenters. The lowest BCUT2D eigenvalue weighted by Gasteiger charge is -2.17. The van der Waals surface area contributed by atoms with Crippen molar-refractivity contribution in [3.8, 4) is 22.3 Å². The van der Waals surface area contributed by atoms with Crippen LogP contribution in [0.1, 0.15) is 0 Å². The average Bonchev–Trinajstić information content (AvgIpc) is 3.27. The lowest BCUT2D eigenvalue weighted by atomic mass is 9.86. The van der Waals surface area contributed by atoms with Crippen molar-refractivity contribution < 1.29 is 4.42 Å². The van der Waals surface area contributed by atoms with E-state index in [1.165, 1.54) is 27.3 Å². The topological polar surface area (TPSA) is 26.0 Å². The van der Waals surface area contributed by atoms with Gasteiger partial charge in [0.05, 0.1) is 0 Å². The first-order chi connectivity index (χ1) is 16.4. The van der Waals surface area contributed by atoms with Gasteiger partial charge in [0.2, 0.25) is 0 Å². The van der Waals surface area contributed by atoms with E-state index in [9.17, 15) is 0 Å². The second kappa shape index (κ2) is 7.04. The van der Waals surface area contributed by atoms with Crippen molar-refractivity contribution in [1.82, 2.24) is 4.98 Å². The summed E-state index contributed by atoms with van der Waals surface area (Å²) in [5.74, 6) is 0. The van der Waals surface area contributed by atoms with Crippen molar-refractivity contribution in [2.45, 2.75) is 0 Å². The van der Waals surface area contributed by atoms with Gasteiger partial charge in [0.25, 0.3) is 0 Å². The van der Waals surface area contributed by atoms with E-state index in [1.54, 1.807) is 0 Å². The number of furan rings is 1. The summed E-state index contributed by atoms with van der Waals surface area (Å²) in [5.41, 5.74) is 6.53. The molecule has 0 aliphatic rings. The Morgan fingerprint density at radius 3 is 2.00 bits per heavy atom. The molecule has 0 aliphatic carbocycles. The lowest BCUT2D eigenvalue weighted by Crippen LogP contribution is -1.91. The molecule has 0 saturated carbocycles. The van der Waals surface area contributed by atoms with E-state index in [0.717, 1.165) is 38.5 Å². The fourth-order valence-corrected chi connectivity index (χ4v) is 5.17. The van der Waals surface area contributed by atoms with Crippen LogP contribution < -0.4 is 0 Å². The molecule has 2 heteroatoms. The molecule has 0 bridgehead atoms. The molecule has 0 aliphatic heterocycles. The average molecular weight is 421 g/mol. The standard InChI is InChI=1S/C31H19NO/c1-2-9-20(10-3-1)29-22-12-4-5-13-23(22)30(27-19-32-18-17-24(27)29)26-15-8-14-25-21-11-6-7-16-28(21)33-31(25)26/h1-19H. The zero-order chi connectivity index (χ0) is 21.8. The molecular formula is C31H19NO. The zero-order valence-corrected chi connectivity index (χ0v) is 17.8. The highest BCUT2D eigenvalue weighted by molar-refractivity contribution is 6.24. The zero-order valence-electron chi connectivity index (χ0n) is 17.8. The number of aromatic nitrogens is 1. The van der Waals surface area contributed by atoms with Crippen molar-refractivity contribution in [1.29, 1.82) is 0 Å². The van der Waals surface area contributed by atoms with E-state index in [-0.39, 0.29) is 0 Å². The van der Waals surface area contributed by atoms with Crippen LogP contribution >= 0.6 is 0 Å². The summed E-state index contributed by atoms with van der Waals surface area (Å²) in [6.45, 7) is 0. The number of nitrogens with zero attached hydrogens (tertiary/aromatic N) is 1. The highest BCUT2D eigenvalue weighted by Gasteiger charge is 2.19. The van der Waals surface area contributed by atoms with Crippen LogP contribution in [0.4, 0.5) is 0 Å². The van der Waals surface area contributed by atoms with E-state index < -0.39 is 0 Å². The summed E-state index contributed by atoms with van der Waals surface area (Å²) in [7, 11) is 0. The second-order valence-electron chi connectivity index (χ2n) is 8.36. The Morgan fingerprint density at radius 1 is 0.485 bits per heavy atom. The van der Waals surface area contributed by atoms with Crippen LogP contribution in [0.3, 0.4) is 0 Å². The summed E-state index contributed by atoms with van der Waals surface area (Å²) >= 11 is 0. The highest BCUT2D eigenvalue weighted by atomic mass is 16.3. The van der Waals surface area contributed by atoms with Gasteiger partial charge in [0, 0.05) is 39.7 Å². The Balaban J connectivity index is 1.69. The van der Waals surface area contributed by atoms with Gasteiger partial charge in [-0.05, 0) is 39.4 Å². The van der Waals surface area contributed by atoms with Crippen molar-refractivity contribution in [2.24, 2.45) is 0 Å². The predicted octanol–water partition coefficient (Wildman–Crippen LogP) is 8.62. The van der Waals surface area contributed by atoms with Crippen LogP contribution in [0.5, 0.6) is 0 Å². The summed E-state index contributed by atoms with van der Waals surface area (Å²) < 4.78 is 6.43. The van der Waals surface area contributed by atoms with Crippen molar-refractivity contribution in [2.75, 3.05) is 0 Å². The lowest BCUT2D eigenvalue weighted by molar-refractivity contribution is 0.670. The fraction of sp³-hybridized carbons (Fsp3) is 0. The van der Waals surface area contributed by atoms with E-state index in [4.69, 9.17) is 4.42 Å². The third-order valence-electron chi connectivity index (χ3n) is 6.56. The Bertz CT molecular complexity index is 1760. The largest absolute Gasteiger partial charge is 0.455 e. The molecule has 2 nitrogen and oxygen atoms in total. The van der Waals surface area contributed by atoms with E-state index in [0.29, 0.717) is 0 Å². The number of para-hydroxylation sites is 2. The van der Waals surface area contributed by atoms with Crippen molar-refractivity contribution >= 4 is 43.5 Å². The molecule has 0 spiro atoms. The van der Waals surface area contributed by atoms with Gasteiger partial charge in [-0.25, -0.2) is 0 Å². The van der Waals surface area contributed by atoms with Gasteiger partial charge in [0.15, 0.2) is 0 Å². The van der Waals surface area contributed by atoms with E-state index >= 15 is 0 Å². The van der Waals surface area contributed by atoms with Gasteiger partial charge < -0.3 is 4.42 Å². The van der Waals surface area contributed by atoms with E-state index in [2.05, 4.69) is 96.0 Å². The van der Waals surface area contributed by atoms with Crippen LogP contribution in [-0.2, 0) is 0 Å². The van der Waals surface area contributed by atoms with Gasteiger partial charge in [0.1, 0.15) is 11.2 Å². The summed E-state index contributed by atoms with van der Waals surface area (Å²) in [4.78, 5) is 4.53. The Kier molecular flexibility index (Phi) is 3.88. The van der Waals surface area contributed by atoms with Crippen molar-refractivity contribution in [3.05, 3.63) is 116 Å². The summed E-state index contributed by atoms with van der Waals surface area (Å²) in [5, 5.41) is 7.02. The third kappa shape index (κ3) is 2.64. The van der Waals surface area contributed by atoms with Gasteiger partial charge >= 0.3 is 0 Å². The molecule has 33 heavy (non-hydrogen) atoms. The molecular weight excluding hydrogens is 402 g/mol. The molecule has 5 aromatic carbocycles. The molecule has 0 fully saturated rings. The minimum atomic E-state index is 0.910. The number of pyridine rings is 1. The molecule has 2 heterocycles. The maximum absolute atomic E-state index is 6.43. The van der Waals surface area contributed by atoms with Crippen LogP contribution in [-0.4, -0.2) is 4.98 Å². The van der Waals surface area contributed by atoms with E-state index in [1.807, 2.05) is 24.5 Å². The van der Waals surface area contributed by atoms with Crippen LogP contribution in [0, 0.1) is 0 Å². The SMILES string of the molecule is c1ccc(-c2c3ccccc3c(-c3cccc4c3oc3ccccc34)c3cnccc23)cc1. The first-order valence-corrected chi connectivity index (χ1v) is 11.1. The molecule has 0 N–H and O–H groups in total. The number of benzene rings is 5. The van der Waals surface area contributed by atoms with Gasteiger partial charge in [-0.1, -0.05) is 91.0 Å². The molecule has 0 radical (unpaired) electrons. The number of hydrogen-bond acceptors (Lipinski definition) is 2. The highest BCUT2D eigenvalue weighted by Crippen LogP contribution is 2.45. The third-order valence-corrected chi connectivity index (χ3v) is 6.56. The van der Waals surface area contributed by atoms with Gasteiger partial charge in [-0.3, -0.25) is 4.98 Å². The van der Waals surface area contributed by atoms with Gasteiger partial charge in [-0.15, -0.1) is 0 Å². The quantitative estimate of drug-likeness (QED) is 0.261. The fourth-order valence-electron chi connectivity index (χ4n) is 5.17. The van der Waals surface area contributed by atoms with Gasteiger partial charge in [-0.2, -0.15) is 0 Å². The predicted molar refractivity (Wildman–Crippen MR) is 137 cm³/mol. The second-order valence-corrected chi connectivity index (χ2v) is 8.36. The number of hydrogen-bond donors (Lipinski definition) is 0. The first kappa shape index (κ1) is 18.2. The van der Waals surface area contributed by atoms with Crippen LogP contribution in [0.25, 0.3) is 65.7 Å². The molecule has 0 unspecified atom stereocenters. The molecule has 2 aromatic heterocycles. The number of fused-ring (bicyclic) bond motifs is 5. The minimum absolute atomic E-state index is 0.910. The smallest absolute Gasteiger partial charge is 0.143 e. The molecule has 0 amide bonds. The van der Waals surface area contributed by atoms with Crippen LogP contribution in [0.2, 0.25) is 0 Å². The van der Waals surface area contributed by atoms with Crippen molar-refractivity contribution in [3.63, 3.8) is 0 Å². The normalized spacial score (nSPS) is 11.6. The maximum Gasteiger partial charge on any atom is 0.143 e. The maximum atomic E-state index is 6.43. The van der Waals surface area contributed by atoms with Crippen LogP contribution in [0.15, 0.2) is 120 Å². The first-order valence-electron chi connectivity index (χ1n) is 11.1. The summed E-state index contributed by atoms with van der Waals surface area (Å²) in [6, 6.07) is 36.1. The number of rotatable bonds is 2. The molecule has 154 valence electrons. The molecule has 7 rings (SSSR count). The minimum Gasteiger partial charge on any atom is -0.455 e. The Hall–Kier alpha value is -4.43. The monoisotopic (exact) mass is 421 g/mol.